The van der Waals surface area contributed by atoms with Crippen molar-refractivity contribution in [2.45, 2.75) is 32.2 Å². The van der Waals surface area contributed by atoms with E-state index in [9.17, 15) is 9.90 Å². The van der Waals surface area contributed by atoms with Crippen LogP contribution in [0.1, 0.15) is 31.4 Å². The Kier molecular flexibility index (Phi) is 6.41. The molecule has 0 bridgehead atoms. The number of nitrogens with one attached hydrogen (secondary N) is 1. The second kappa shape index (κ2) is 8.56. The number of carbonyl (C=O) groups excluding carboxylic acids is 1. The summed E-state index contributed by atoms with van der Waals surface area (Å²) < 4.78 is 0. The molecule has 2 aliphatic heterocycles. The molecule has 1 unspecified atom stereocenters. The normalized spacial score (nSPS) is 23.9. The van der Waals surface area contributed by atoms with E-state index in [4.69, 9.17) is 0 Å². The molecule has 140 valence electrons. The number of aliphatic hydroxyl groups excluding tert-OH is 1. The van der Waals surface area contributed by atoms with Crippen molar-refractivity contribution in [2.24, 2.45) is 11.3 Å². The van der Waals surface area contributed by atoms with Gasteiger partial charge in [-0.1, -0.05) is 0 Å². The maximum absolute atomic E-state index is 12.3. The van der Waals surface area contributed by atoms with Gasteiger partial charge in [0.15, 0.2) is 0 Å². The highest BCUT2D eigenvalue weighted by Gasteiger charge is 2.45. The third-order valence-electron chi connectivity index (χ3n) is 6.08. The van der Waals surface area contributed by atoms with Crippen LogP contribution >= 0.6 is 11.8 Å². The number of thioether (sulfide) groups is 1. The maximum Gasteiger partial charge on any atom is 0.223 e. The van der Waals surface area contributed by atoms with Gasteiger partial charge in [-0.05, 0) is 44.0 Å². The molecule has 2 aliphatic rings. The molecule has 2 saturated heterocycles. The standard InChI is InChI=1S/C18H30N4O2S/c1-25-9-2-17(24)22-8-5-18(15(11-22)13-23)3-6-21(7-4-18)12-16-10-19-14-20-16/h10,14-15,23H,2-9,11-13H2,1H3,(H,19,20). The summed E-state index contributed by atoms with van der Waals surface area (Å²) in [6.07, 6.45) is 9.52. The minimum absolute atomic E-state index is 0.187. The Bertz CT molecular complexity index is 543. The molecule has 0 saturated carbocycles. The summed E-state index contributed by atoms with van der Waals surface area (Å²) in [5.41, 5.74) is 1.36. The zero-order valence-electron chi connectivity index (χ0n) is 15.1. The first-order chi connectivity index (χ1) is 12.2. The maximum atomic E-state index is 12.3. The Morgan fingerprint density at radius 2 is 2.16 bits per heavy atom. The topological polar surface area (TPSA) is 72.5 Å². The number of hydrogen-bond donors (Lipinski definition) is 2. The van der Waals surface area contributed by atoms with Gasteiger partial charge in [0.05, 0.1) is 6.33 Å². The fraction of sp³-hybridized carbons (Fsp3) is 0.778. The van der Waals surface area contributed by atoms with E-state index in [1.165, 1.54) is 0 Å². The van der Waals surface area contributed by atoms with Crippen LogP contribution in [0.3, 0.4) is 0 Å². The third kappa shape index (κ3) is 4.38. The van der Waals surface area contributed by atoms with Crippen molar-refractivity contribution in [1.29, 1.82) is 0 Å². The van der Waals surface area contributed by atoms with E-state index in [1.807, 2.05) is 17.4 Å². The SMILES string of the molecule is CSCCC(=O)N1CCC2(CCN(Cc3cnc[nH]3)CC2)C(CO)C1. The van der Waals surface area contributed by atoms with Crippen LogP contribution in [-0.2, 0) is 11.3 Å². The summed E-state index contributed by atoms with van der Waals surface area (Å²) in [6.45, 7) is 4.78. The molecule has 1 spiro atoms. The van der Waals surface area contributed by atoms with Gasteiger partial charge in [0, 0.05) is 56.2 Å². The predicted octanol–water partition coefficient (Wildman–Crippen LogP) is 1.59. The van der Waals surface area contributed by atoms with Gasteiger partial charge in [-0.25, -0.2) is 4.98 Å². The van der Waals surface area contributed by atoms with E-state index < -0.39 is 0 Å². The molecule has 1 atom stereocenters. The van der Waals surface area contributed by atoms with Crippen molar-refractivity contribution in [2.75, 3.05) is 44.8 Å². The minimum atomic E-state index is 0.187. The average Bonchev–Trinajstić information content (AvgIpc) is 3.15. The van der Waals surface area contributed by atoms with Crippen molar-refractivity contribution >= 4 is 17.7 Å². The van der Waals surface area contributed by atoms with E-state index in [0.717, 1.165) is 63.4 Å². The largest absolute Gasteiger partial charge is 0.396 e. The van der Waals surface area contributed by atoms with Gasteiger partial charge >= 0.3 is 0 Å². The monoisotopic (exact) mass is 366 g/mol. The highest BCUT2D eigenvalue weighted by molar-refractivity contribution is 7.98. The Hall–Kier alpha value is -1.05. The zero-order valence-corrected chi connectivity index (χ0v) is 15.9. The fourth-order valence-corrected chi connectivity index (χ4v) is 4.74. The van der Waals surface area contributed by atoms with Crippen LogP contribution in [0.5, 0.6) is 0 Å². The van der Waals surface area contributed by atoms with E-state index >= 15 is 0 Å². The Morgan fingerprint density at radius 3 is 2.80 bits per heavy atom. The minimum Gasteiger partial charge on any atom is -0.396 e. The summed E-state index contributed by atoms with van der Waals surface area (Å²) in [7, 11) is 0. The molecule has 25 heavy (non-hydrogen) atoms. The second-order valence-electron chi connectivity index (χ2n) is 7.43. The number of imidazole rings is 1. The Balaban J connectivity index is 1.55. The first-order valence-electron chi connectivity index (χ1n) is 9.24. The summed E-state index contributed by atoms with van der Waals surface area (Å²) in [4.78, 5) is 24.0. The second-order valence-corrected chi connectivity index (χ2v) is 8.41. The van der Waals surface area contributed by atoms with Crippen molar-refractivity contribution in [3.63, 3.8) is 0 Å². The van der Waals surface area contributed by atoms with Crippen LogP contribution in [0.4, 0.5) is 0 Å². The number of hydrogen-bond acceptors (Lipinski definition) is 5. The van der Waals surface area contributed by atoms with Crippen LogP contribution < -0.4 is 0 Å². The number of carbonyl (C=O) groups is 1. The molecule has 1 aromatic heterocycles. The van der Waals surface area contributed by atoms with Crippen LogP contribution in [-0.4, -0.2) is 75.6 Å². The highest BCUT2D eigenvalue weighted by Crippen LogP contribution is 2.45. The van der Waals surface area contributed by atoms with Gasteiger partial charge in [0.1, 0.15) is 0 Å². The number of H-pyrrole nitrogens is 1. The lowest BCUT2D eigenvalue weighted by molar-refractivity contribution is -0.137. The molecule has 3 rings (SSSR count). The lowest BCUT2D eigenvalue weighted by atomic mass is 9.64. The Labute approximate surface area is 154 Å². The van der Waals surface area contributed by atoms with Crippen LogP contribution in [0.25, 0.3) is 0 Å². The molecule has 2 fully saturated rings. The molecule has 7 heteroatoms. The predicted molar refractivity (Wildman–Crippen MR) is 100 cm³/mol. The molecule has 0 aliphatic carbocycles. The average molecular weight is 367 g/mol. The van der Waals surface area contributed by atoms with Crippen molar-refractivity contribution < 1.29 is 9.90 Å². The van der Waals surface area contributed by atoms with E-state index in [1.54, 1.807) is 18.1 Å². The summed E-state index contributed by atoms with van der Waals surface area (Å²) in [5, 5.41) is 9.99. The molecule has 2 N–H and O–H groups in total. The number of piperidine rings is 2. The fourth-order valence-electron chi connectivity index (χ4n) is 4.36. The van der Waals surface area contributed by atoms with Crippen LogP contribution in [0, 0.1) is 11.3 Å². The van der Waals surface area contributed by atoms with Crippen LogP contribution in [0.15, 0.2) is 12.5 Å². The van der Waals surface area contributed by atoms with Gasteiger partial charge in [0.2, 0.25) is 5.91 Å². The first-order valence-corrected chi connectivity index (χ1v) is 10.6. The van der Waals surface area contributed by atoms with Crippen LogP contribution in [0.2, 0.25) is 0 Å². The smallest absolute Gasteiger partial charge is 0.223 e. The number of amides is 1. The van der Waals surface area contributed by atoms with Gasteiger partial charge in [0.25, 0.3) is 0 Å². The summed E-state index contributed by atoms with van der Waals surface area (Å²) >= 11 is 1.71. The van der Waals surface area contributed by atoms with Crippen molar-refractivity contribution in [3.8, 4) is 0 Å². The number of aromatic amines is 1. The number of aromatic nitrogens is 2. The van der Waals surface area contributed by atoms with E-state index in [2.05, 4.69) is 14.9 Å². The van der Waals surface area contributed by atoms with Gasteiger partial charge in [-0.3, -0.25) is 9.69 Å². The summed E-state index contributed by atoms with van der Waals surface area (Å²) in [5.74, 6) is 1.35. The van der Waals surface area contributed by atoms with Gasteiger partial charge < -0.3 is 15.0 Å². The first kappa shape index (κ1) is 18.7. The molecule has 0 aromatic carbocycles. The molecule has 3 heterocycles. The number of rotatable bonds is 6. The Morgan fingerprint density at radius 1 is 1.40 bits per heavy atom. The number of likely N-dealkylation sites (tertiary alicyclic amines) is 2. The highest BCUT2D eigenvalue weighted by atomic mass is 32.2. The summed E-state index contributed by atoms with van der Waals surface area (Å²) in [6, 6.07) is 0. The van der Waals surface area contributed by atoms with E-state index in [0.29, 0.717) is 6.42 Å². The lowest BCUT2D eigenvalue weighted by Crippen LogP contribution is -2.54. The zero-order chi connectivity index (χ0) is 17.7. The molecule has 6 nitrogen and oxygen atoms in total. The molecule has 1 amide bonds. The molecular formula is C18H30N4O2S. The molecule has 0 radical (unpaired) electrons. The molecular weight excluding hydrogens is 336 g/mol. The van der Waals surface area contributed by atoms with Crippen molar-refractivity contribution in [1.82, 2.24) is 19.8 Å². The van der Waals surface area contributed by atoms with Gasteiger partial charge in [-0.2, -0.15) is 11.8 Å². The van der Waals surface area contributed by atoms with Gasteiger partial charge in [-0.15, -0.1) is 0 Å². The lowest BCUT2D eigenvalue weighted by Gasteiger charge is -2.51. The number of nitrogens with zero attached hydrogens (tertiary/aromatic N) is 3. The number of aliphatic hydroxyl groups is 1. The van der Waals surface area contributed by atoms with E-state index in [-0.39, 0.29) is 23.8 Å². The quantitative estimate of drug-likeness (QED) is 0.800. The molecule has 1 aromatic rings. The third-order valence-corrected chi connectivity index (χ3v) is 6.69. The van der Waals surface area contributed by atoms with Crippen molar-refractivity contribution in [3.05, 3.63) is 18.2 Å².